The van der Waals surface area contributed by atoms with Crippen LogP contribution in [0.3, 0.4) is 0 Å². The summed E-state index contributed by atoms with van der Waals surface area (Å²) in [5.41, 5.74) is 3.26. The summed E-state index contributed by atoms with van der Waals surface area (Å²) in [6.45, 7) is 1.48. The van der Waals surface area contributed by atoms with Crippen molar-refractivity contribution in [1.82, 2.24) is 4.90 Å². The average Bonchev–Trinajstić information content (AvgIpc) is 2.94. The molecule has 0 fully saturated rings. The Hall–Kier alpha value is -3.63. The largest absolute Gasteiger partial charge is 0.493 e. The molecule has 0 saturated heterocycles. The van der Waals surface area contributed by atoms with Crippen LogP contribution >= 0.6 is 11.6 Å². The fraction of sp³-hybridized carbons (Fsp3) is 0.429. The summed E-state index contributed by atoms with van der Waals surface area (Å²) in [5.74, 6) is 0.795. The van der Waals surface area contributed by atoms with Gasteiger partial charge < -0.3 is 33.5 Å². The Morgan fingerprint density at radius 1 is 0.949 bits per heavy atom. The van der Waals surface area contributed by atoms with E-state index in [4.69, 9.17) is 45.1 Å². The Labute approximate surface area is 232 Å². The number of hydrogen-bond acceptors (Lipinski definition) is 9. The minimum absolute atomic E-state index is 0.0393. The Morgan fingerprint density at radius 2 is 1.56 bits per heavy atom. The lowest BCUT2D eigenvalue weighted by atomic mass is 9.88. The maximum atomic E-state index is 11.9. The molecule has 2 aromatic carbocycles. The van der Waals surface area contributed by atoms with Crippen molar-refractivity contribution in [3.05, 3.63) is 52.1 Å². The molecule has 212 valence electrons. The van der Waals surface area contributed by atoms with E-state index in [1.807, 2.05) is 24.3 Å². The number of methoxy groups -OCH3 is 5. The fourth-order valence-corrected chi connectivity index (χ4v) is 4.88. The van der Waals surface area contributed by atoms with Crippen LogP contribution in [0.2, 0.25) is 0 Å². The third-order valence-electron chi connectivity index (χ3n) is 6.54. The summed E-state index contributed by atoms with van der Waals surface area (Å²) in [6, 6.07) is 7.87. The highest BCUT2D eigenvalue weighted by Crippen LogP contribution is 2.42. The maximum absolute atomic E-state index is 11.9. The van der Waals surface area contributed by atoms with Crippen molar-refractivity contribution < 1.29 is 43.1 Å². The molecule has 1 aliphatic rings. The summed E-state index contributed by atoms with van der Waals surface area (Å²) in [7, 11) is 7.96. The van der Waals surface area contributed by atoms with E-state index in [9.17, 15) is 9.59 Å². The Kier molecular flexibility index (Phi) is 10.7. The van der Waals surface area contributed by atoms with Gasteiger partial charge in [0, 0.05) is 25.2 Å². The number of rotatable bonds is 13. The molecule has 0 radical (unpaired) electrons. The molecule has 0 bridgehead atoms. The lowest BCUT2D eigenvalue weighted by molar-refractivity contribution is -0.139. The molecule has 0 aromatic heterocycles. The summed E-state index contributed by atoms with van der Waals surface area (Å²) in [4.78, 5) is 25.0. The van der Waals surface area contributed by atoms with Crippen molar-refractivity contribution in [3.63, 3.8) is 0 Å². The smallest absolute Gasteiger partial charge is 0.350 e. The van der Waals surface area contributed by atoms with Crippen LogP contribution < -0.4 is 23.7 Å². The second-order valence-electron chi connectivity index (χ2n) is 8.77. The van der Waals surface area contributed by atoms with Crippen LogP contribution in [0.5, 0.6) is 28.7 Å². The quantitative estimate of drug-likeness (QED) is 0.218. The minimum atomic E-state index is -1.31. The van der Waals surface area contributed by atoms with E-state index in [2.05, 4.69) is 4.90 Å². The van der Waals surface area contributed by atoms with Gasteiger partial charge in [-0.15, -0.1) is 0 Å². The van der Waals surface area contributed by atoms with Crippen molar-refractivity contribution in [2.24, 2.45) is 0 Å². The highest BCUT2D eigenvalue weighted by molar-refractivity contribution is 6.42. The first kappa shape index (κ1) is 29.9. The molecule has 3 rings (SSSR count). The minimum Gasteiger partial charge on any atom is -0.493 e. The van der Waals surface area contributed by atoms with Gasteiger partial charge in [0.2, 0.25) is 5.75 Å². The SMILES string of the molecule is COc1cc2c(cc1OC)[C@@H](Cc1cc(OC)c(OC)c(OC)c1)N(CCCOC(=O)/C(Cl)=C/C(=O)O)CC2. The lowest BCUT2D eigenvalue weighted by Gasteiger charge is -2.38. The second-order valence-corrected chi connectivity index (χ2v) is 9.17. The van der Waals surface area contributed by atoms with Gasteiger partial charge in [-0.2, -0.15) is 0 Å². The maximum Gasteiger partial charge on any atom is 0.350 e. The summed E-state index contributed by atoms with van der Waals surface area (Å²) in [6.07, 6.45) is 2.57. The van der Waals surface area contributed by atoms with Crippen LogP contribution in [0.4, 0.5) is 0 Å². The summed E-state index contributed by atoms with van der Waals surface area (Å²) >= 11 is 5.69. The molecular weight excluding hydrogens is 530 g/mol. The molecule has 2 aromatic rings. The van der Waals surface area contributed by atoms with Crippen molar-refractivity contribution in [2.75, 3.05) is 55.2 Å². The van der Waals surface area contributed by atoms with Crippen molar-refractivity contribution >= 4 is 23.5 Å². The summed E-state index contributed by atoms with van der Waals surface area (Å²) < 4.78 is 32.9. The monoisotopic (exact) mass is 563 g/mol. The lowest BCUT2D eigenvalue weighted by Crippen LogP contribution is -2.37. The van der Waals surface area contributed by atoms with E-state index < -0.39 is 17.0 Å². The first-order valence-electron chi connectivity index (χ1n) is 12.3. The topological polar surface area (TPSA) is 113 Å². The molecule has 1 N–H and O–H groups in total. The molecule has 0 saturated carbocycles. The number of halogens is 1. The average molecular weight is 564 g/mol. The molecule has 1 heterocycles. The zero-order valence-corrected chi connectivity index (χ0v) is 23.5. The van der Waals surface area contributed by atoms with Crippen molar-refractivity contribution in [3.8, 4) is 28.7 Å². The Bertz CT molecular complexity index is 1190. The number of hydrogen-bond donors (Lipinski definition) is 1. The van der Waals surface area contributed by atoms with Crippen LogP contribution in [0, 0.1) is 0 Å². The van der Waals surface area contributed by atoms with Crippen LogP contribution in [0.15, 0.2) is 35.4 Å². The van der Waals surface area contributed by atoms with Gasteiger partial charge in [-0.05, 0) is 60.2 Å². The van der Waals surface area contributed by atoms with Gasteiger partial charge >= 0.3 is 11.9 Å². The third kappa shape index (κ3) is 7.27. The van der Waals surface area contributed by atoms with Crippen molar-refractivity contribution in [1.29, 1.82) is 0 Å². The first-order valence-corrected chi connectivity index (χ1v) is 12.7. The van der Waals surface area contributed by atoms with Crippen LogP contribution in [-0.2, 0) is 27.2 Å². The predicted octanol–water partition coefficient (Wildman–Crippen LogP) is 4.01. The molecule has 39 heavy (non-hydrogen) atoms. The van der Waals surface area contributed by atoms with Gasteiger partial charge in [0.15, 0.2) is 23.0 Å². The Morgan fingerprint density at radius 3 is 2.13 bits per heavy atom. The van der Waals surface area contributed by atoms with E-state index in [0.29, 0.717) is 54.2 Å². The van der Waals surface area contributed by atoms with Crippen LogP contribution in [-0.4, -0.2) is 77.2 Å². The molecule has 0 amide bonds. The van der Waals surface area contributed by atoms with E-state index >= 15 is 0 Å². The number of ether oxygens (including phenoxy) is 6. The van der Waals surface area contributed by atoms with E-state index in [1.165, 1.54) is 5.56 Å². The van der Waals surface area contributed by atoms with Crippen LogP contribution in [0.25, 0.3) is 0 Å². The molecular formula is C28H34ClNO9. The highest BCUT2D eigenvalue weighted by atomic mass is 35.5. The zero-order chi connectivity index (χ0) is 28.5. The molecule has 0 spiro atoms. The summed E-state index contributed by atoms with van der Waals surface area (Å²) in [5, 5.41) is 8.28. The van der Waals surface area contributed by atoms with Gasteiger partial charge in [-0.1, -0.05) is 11.6 Å². The van der Waals surface area contributed by atoms with Gasteiger partial charge in [0.05, 0.1) is 42.2 Å². The Balaban J connectivity index is 1.88. The number of benzene rings is 2. The molecule has 10 nitrogen and oxygen atoms in total. The van der Waals surface area contributed by atoms with Crippen molar-refractivity contribution in [2.45, 2.75) is 25.3 Å². The highest BCUT2D eigenvalue weighted by Gasteiger charge is 2.30. The number of carboxylic acids is 1. The molecule has 0 aliphatic carbocycles. The number of carboxylic acid groups (broad SMARTS) is 1. The first-order chi connectivity index (χ1) is 18.8. The molecule has 1 aliphatic heterocycles. The second kappa shape index (κ2) is 14.0. The van der Waals surface area contributed by atoms with Gasteiger partial charge in [0.1, 0.15) is 5.03 Å². The number of fused-ring (bicyclic) bond motifs is 1. The number of esters is 1. The third-order valence-corrected chi connectivity index (χ3v) is 6.80. The number of nitrogens with zero attached hydrogens (tertiary/aromatic N) is 1. The molecule has 1 atom stereocenters. The van der Waals surface area contributed by atoms with E-state index in [1.54, 1.807) is 35.5 Å². The normalized spacial score (nSPS) is 15.2. The molecule has 0 unspecified atom stereocenters. The van der Waals surface area contributed by atoms with Gasteiger partial charge in [-0.3, -0.25) is 4.90 Å². The van der Waals surface area contributed by atoms with Gasteiger partial charge in [0.25, 0.3) is 0 Å². The number of carbonyl (C=O) groups excluding carboxylic acids is 1. The predicted molar refractivity (Wildman–Crippen MR) is 145 cm³/mol. The van der Waals surface area contributed by atoms with Crippen LogP contribution in [0.1, 0.15) is 29.2 Å². The van der Waals surface area contributed by atoms with E-state index in [0.717, 1.165) is 24.1 Å². The van der Waals surface area contributed by atoms with Gasteiger partial charge in [-0.25, -0.2) is 9.59 Å². The standard InChI is InChI=1S/C28H34ClNO9/c1-34-22-14-18-7-9-30(8-6-10-39-28(33)20(29)16-26(31)32)21(19(18)15-23(22)35-2)11-17-12-24(36-3)27(38-5)25(13-17)37-4/h12-16,21H,6-11H2,1-5H3,(H,31,32)/b20-16-/t21-/m1/s1. The number of carbonyl (C=O) groups is 2. The van der Waals surface area contributed by atoms with E-state index in [-0.39, 0.29) is 12.6 Å². The molecule has 11 heteroatoms. The zero-order valence-electron chi connectivity index (χ0n) is 22.7. The fourth-order valence-electron chi connectivity index (χ4n) is 4.73. The number of aliphatic carboxylic acids is 1.